The van der Waals surface area contributed by atoms with E-state index in [0.717, 1.165) is 18.8 Å². The third-order valence-electron chi connectivity index (χ3n) is 3.04. The summed E-state index contributed by atoms with van der Waals surface area (Å²) in [6, 6.07) is 10.6. The molecule has 96 valence electrons. The van der Waals surface area contributed by atoms with E-state index in [4.69, 9.17) is 10.2 Å². The summed E-state index contributed by atoms with van der Waals surface area (Å²) in [6.45, 7) is 4.35. The summed E-state index contributed by atoms with van der Waals surface area (Å²) in [7, 11) is 2.10. The molecule has 0 spiro atoms. The van der Waals surface area contributed by atoms with Crippen LogP contribution in [0.1, 0.15) is 22.5 Å². The second-order valence-corrected chi connectivity index (χ2v) is 4.73. The molecule has 2 N–H and O–H groups in total. The van der Waals surface area contributed by atoms with Gasteiger partial charge in [-0.05, 0) is 25.6 Å². The van der Waals surface area contributed by atoms with E-state index in [1.165, 1.54) is 16.7 Å². The zero-order valence-electron chi connectivity index (χ0n) is 11.0. The number of furan rings is 1. The van der Waals surface area contributed by atoms with E-state index < -0.39 is 0 Å². The lowest BCUT2D eigenvalue weighted by Crippen LogP contribution is -2.18. The van der Waals surface area contributed by atoms with Crippen molar-refractivity contribution < 1.29 is 4.42 Å². The molecule has 0 saturated carbocycles. The highest BCUT2D eigenvalue weighted by molar-refractivity contribution is 5.22. The fourth-order valence-corrected chi connectivity index (χ4v) is 2.04. The Morgan fingerprint density at radius 3 is 2.50 bits per heavy atom. The molecule has 0 atom stereocenters. The van der Waals surface area contributed by atoms with Crippen molar-refractivity contribution in [2.75, 3.05) is 7.05 Å². The molecule has 0 saturated heterocycles. The molecule has 2 aromatic rings. The topological polar surface area (TPSA) is 42.4 Å². The zero-order chi connectivity index (χ0) is 13.0. The maximum absolute atomic E-state index is 5.63. The maximum atomic E-state index is 5.63. The van der Waals surface area contributed by atoms with Gasteiger partial charge in [0.2, 0.25) is 0 Å². The number of nitrogens with two attached hydrogens (primary N) is 1. The number of benzene rings is 1. The summed E-state index contributed by atoms with van der Waals surface area (Å²) in [5.41, 5.74) is 9.41. The van der Waals surface area contributed by atoms with Crippen LogP contribution in [0.25, 0.3) is 0 Å². The van der Waals surface area contributed by atoms with Gasteiger partial charge in [0.25, 0.3) is 0 Å². The lowest BCUT2D eigenvalue weighted by atomic mass is 10.1. The van der Waals surface area contributed by atoms with E-state index in [9.17, 15) is 0 Å². The second-order valence-electron chi connectivity index (χ2n) is 4.73. The molecule has 0 unspecified atom stereocenters. The molecule has 3 nitrogen and oxygen atoms in total. The average molecular weight is 244 g/mol. The number of rotatable bonds is 5. The molecule has 0 aliphatic carbocycles. The van der Waals surface area contributed by atoms with Crippen LogP contribution in [0.2, 0.25) is 0 Å². The fraction of sp³-hybridized carbons (Fsp3) is 0.333. The summed E-state index contributed by atoms with van der Waals surface area (Å²) in [5.74, 6) is 0.880. The molecule has 0 bridgehead atoms. The minimum absolute atomic E-state index is 0.459. The highest BCUT2D eigenvalue weighted by atomic mass is 16.3. The largest absolute Gasteiger partial charge is 0.468 e. The van der Waals surface area contributed by atoms with Gasteiger partial charge >= 0.3 is 0 Å². The fourth-order valence-electron chi connectivity index (χ4n) is 2.04. The van der Waals surface area contributed by atoms with Crippen molar-refractivity contribution in [2.45, 2.75) is 26.6 Å². The average Bonchev–Trinajstić information content (AvgIpc) is 2.79. The predicted molar refractivity (Wildman–Crippen MR) is 72.9 cm³/mol. The zero-order valence-corrected chi connectivity index (χ0v) is 11.0. The molecule has 1 heterocycles. The summed E-state index contributed by atoms with van der Waals surface area (Å²) in [5, 5.41) is 0. The first-order valence-corrected chi connectivity index (χ1v) is 6.18. The maximum Gasteiger partial charge on any atom is 0.121 e. The van der Waals surface area contributed by atoms with Gasteiger partial charge in [0.15, 0.2) is 0 Å². The van der Waals surface area contributed by atoms with Crippen molar-refractivity contribution in [3.8, 4) is 0 Å². The van der Waals surface area contributed by atoms with E-state index in [-0.39, 0.29) is 0 Å². The van der Waals surface area contributed by atoms with Gasteiger partial charge in [-0.2, -0.15) is 0 Å². The Bertz CT molecular complexity index is 487. The Hall–Kier alpha value is -1.58. The lowest BCUT2D eigenvalue weighted by Gasteiger charge is -2.16. The molecular formula is C15H20N2O. The normalized spacial score (nSPS) is 11.1. The molecule has 0 aliphatic rings. The molecule has 3 heteroatoms. The molecule has 1 aromatic carbocycles. The molecule has 0 fully saturated rings. The predicted octanol–water partition coefficient (Wildman–Crippen LogP) is 2.68. The van der Waals surface area contributed by atoms with Crippen LogP contribution in [-0.2, 0) is 19.6 Å². The van der Waals surface area contributed by atoms with Crippen LogP contribution in [0.15, 0.2) is 41.0 Å². The van der Waals surface area contributed by atoms with E-state index in [1.807, 2.05) is 6.07 Å². The molecule has 2 rings (SSSR count). The molecule has 18 heavy (non-hydrogen) atoms. The van der Waals surface area contributed by atoms with Gasteiger partial charge in [-0.15, -0.1) is 0 Å². The van der Waals surface area contributed by atoms with Crippen LogP contribution < -0.4 is 5.73 Å². The molecule has 1 aromatic heterocycles. The highest BCUT2D eigenvalue weighted by Crippen LogP contribution is 2.14. The standard InChI is InChI=1S/C15H20N2O/c1-12-3-5-13(6-4-12)10-17(2)11-14-7-8-18-15(14)9-16/h3-8H,9-11,16H2,1-2H3. The van der Waals surface area contributed by atoms with Gasteiger partial charge < -0.3 is 10.2 Å². The molecule has 0 aliphatic heterocycles. The van der Waals surface area contributed by atoms with Crippen LogP contribution in [0, 0.1) is 6.92 Å². The van der Waals surface area contributed by atoms with E-state index in [1.54, 1.807) is 6.26 Å². The molecular weight excluding hydrogens is 224 g/mol. The summed E-state index contributed by atoms with van der Waals surface area (Å²) in [6.07, 6.45) is 1.71. The van der Waals surface area contributed by atoms with Crippen LogP contribution in [0.5, 0.6) is 0 Å². The number of aryl methyl sites for hydroxylation is 1. The van der Waals surface area contributed by atoms with Crippen LogP contribution in [-0.4, -0.2) is 11.9 Å². The van der Waals surface area contributed by atoms with Gasteiger partial charge in [0, 0.05) is 18.7 Å². The van der Waals surface area contributed by atoms with Crippen molar-refractivity contribution in [1.82, 2.24) is 4.90 Å². The molecule has 0 radical (unpaired) electrons. The smallest absolute Gasteiger partial charge is 0.121 e. The van der Waals surface area contributed by atoms with Crippen molar-refractivity contribution in [3.63, 3.8) is 0 Å². The van der Waals surface area contributed by atoms with Gasteiger partial charge in [0.05, 0.1) is 12.8 Å². The Kier molecular flexibility index (Phi) is 4.18. The van der Waals surface area contributed by atoms with Gasteiger partial charge in [-0.25, -0.2) is 0 Å². The minimum atomic E-state index is 0.459. The van der Waals surface area contributed by atoms with Crippen molar-refractivity contribution in [2.24, 2.45) is 5.73 Å². The van der Waals surface area contributed by atoms with Crippen molar-refractivity contribution >= 4 is 0 Å². The Labute approximate surface area is 108 Å². The third-order valence-corrected chi connectivity index (χ3v) is 3.04. The molecule has 0 amide bonds. The van der Waals surface area contributed by atoms with Crippen LogP contribution >= 0.6 is 0 Å². The third kappa shape index (κ3) is 3.22. The first-order chi connectivity index (χ1) is 8.69. The summed E-state index contributed by atoms with van der Waals surface area (Å²) in [4.78, 5) is 2.26. The summed E-state index contributed by atoms with van der Waals surface area (Å²) < 4.78 is 5.33. The van der Waals surface area contributed by atoms with E-state index in [2.05, 4.69) is 43.1 Å². The SMILES string of the molecule is Cc1ccc(CN(C)Cc2ccoc2CN)cc1. The number of hydrogen-bond donors (Lipinski definition) is 1. The van der Waals surface area contributed by atoms with Gasteiger partial charge in [0.1, 0.15) is 5.76 Å². The van der Waals surface area contributed by atoms with Crippen LogP contribution in [0.3, 0.4) is 0 Å². The minimum Gasteiger partial charge on any atom is -0.468 e. The van der Waals surface area contributed by atoms with Gasteiger partial charge in [-0.1, -0.05) is 29.8 Å². The van der Waals surface area contributed by atoms with Crippen LogP contribution in [0.4, 0.5) is 0 Å². The van der Waals surface area contributed by atoms with Crippen molar-refractivity contribution in [1.29, 1.82) is 0 Å². The Morgan fingerprint density at radius 1 is 1.11 bits per heavy atom. The summed E-state index contributed by atoms with van der Waals surface area (Å²) >= 11 is 0. The first-order valence-electron chi connectivity index (χ1n) is 6.18. The van der Waals surface area contributed by atoms with E-state index >= 15 is 0 Å². The Balaban J connectivity index is 1.96. The Morgan fingerprint density at radius 2 is 1.83 bits per heavy atom. The van der Waals surface area contributed by atoms with Gasteiger partial charge in [-0.3, -0.25) is 4.90 Å². The number of hydrogen-bond acceptors (Lipinski definition) is 3. The lowest BCUT2D eigenvalue weighted by molar-refractivity contribution is 0.315. The quantitative estimate of drug-likeness (QED) is 0.879. The highest BCUT2D eigenvalue weighted by Gasteiger charge is 2.08. The monoisotopic (exact) mass is 244 g/mol. The second kappa shape index (κ2) is 5.85. The van der Waals surface area contributed by atoms with Crippen molar-refractivity contribution in [3.05, 3.63) is 59.0 Å². The number of nitrogens with zero attached hydrogens (tertiary/aromatic N) is 1. The first kappa shape index (κ1) is 12.9. The van der Waals surface area contributed by atoms with E-state index in [0.29, 0.717) is 6.54 Å².